The number of hydrogen-bond donors (Lipinski definition) is 1. The number of aliphatic hydroxyl groups is 1. The van der Waals surface area contributed by atoms with Crippen LogP contribution >= 0.6 is 0 Å². The Kier molecular flexibility index (Phi) is 3.17. The first-order chi connectivity index (χ1) is 9.50. The molecule has 0 unspecified atom stereocenters. The summed E-state index contributed by atoms with van der Waals surface area (Å²) in [5, 5.41) is 9.84. The van der Waals surface area contributed by atoms with Gasteiger partial charge in [0.25, 0.3) is 0 Å². The molecule has 20 heavy (non-hydrogen) atoms. The molecule has 1 aliphatic heterocycles. The lowest BCUT2D eigenvalue weighted by molar-refractivity contribution is -0.119. The van der Waals surface area contributed by atoms with Crippen LogP contribution in [0.15, 0.2) is 12.3 Å². The number of carbonyl (C=O) groups excluding carboxylic acids is 1. The first kappa shape index (κ1) is 13.4. The Bertz CT molecular complexity index is 534. The minimum Gasteiger partial charge on any atom is -0.492 e. The zero-order valence-electron chi connectivity index (χ0n) is 11.9. The number of fused-ring (bicyclic) bond motifs is 1. The molecule has 0 aromatic carbocycles. The van der Waals surface area contributed by atoms with Gasteiger partial charge in [-0.2, -0.15) is 0 Å². The number of amides is 1. The van der Waals surface area contributed by atoms with Crippen LogP contribution in [0.5, 0.6) is 5.75 Å². The predicted molar refractivity (Wildman–Crippen MR) is 74.9 cm³/mol. The number of pyridine rings is 1. The number of anilines is 1. The van der Waals surface area contributed by atoms with Crippen molar-refractivity contribution in [1.82, 2.24) is 4.98 Å². The normalized spacial score (nSPS) is 28.2. The number of rotatable bonds is 4. The second-order valence-corrected chi connectivity index (χ2v) is 6.00. The number of hydrogen-bond acceptors (Lipinski definition) is 4. The van der Waals surface area contributed by atoms with E-state index in [9.17, 15) is 9.90 Å². The average Bonchev–Trinajstić information content (AvgIpc) is 2.68. The fraction of sp³-hybridized carbons (Fsp3) is 0.600. The quantitative estimate of drug-likeness (QED) is 0.908. The van der Waals surface area contributed by atoms with Gasteiger partial charge in [-0.1, -0.05) is 6.92 Å². The van der Waals surface area contributed by atoms with Crippen LogP contribution in [0.1, 0.15) is 38.7 Å². The van der Waals surface area contributed by atoms with Crippen LogP contribution in [0.25, 0.3) is 0 Å². The van der Waals surface area contributed by atoms with Gasteiger partial charge in [-0.15, -0.1) is 0 Å². The van der Waals surface area contributed by atoms with E-state index >= 15 is 0 Å². The maximum atomic E-state index is 12.2. The summed E-state index contributed by atoms with van der Waals surface area (Å²) >= 11 is 0. The Morgan fingerprint density at radius 3 is 2.95 bits per heavy atom. The molecule has 1 aromatic rings. The van der Waals surface area contributed by atoms with Crippen LogP contribution in [-0.2, 0) is 11.2 Å². The Morgan fingerprint density at radius 1 is 1.55 bits per heavy atom. The number of ether oxygens (including phenoxy) is 1. The molecule has 5 nitrogen and oxygen atoms in total. The molecule has 2 aliphatic rings. The first-order valence-corrected chi connectivity index (χ1v) is 7.16. The third kappa shape index (κ3) is 2.26. The lowest BCUT2D eigenvalue weighted by Crippen LogP contribution is -2.55. The molecule has 1 aromatic heterocycles. The van der Waals surface area contributed by atoms with E-state index in [4.69, 9.17) is 4.74 Å². The summed E-state index contributed by atoms with van der Waals surface area (Å²) in [4.78, 5) is 18.3. The highest BCUT2D eigenvalue weighted by molar-refractivity contribution is 6.01. The number of carbonyl (C=O) groups is 1. The zero-order chi connectivity index (χ0) is 14.3. The lowest BCUT2D eigenvalue weighted by atomic mass is 9.76. The molecule has 3 rings (SSSR count). The van der Waals surface area contributed by atoms with E-state index in [0.29, 0.717) is 25.9 Å². The van der Waals surface area contributed by atoms with Crippen molar-refractivity contribution in [3.05, 3.63) is 17.8 Å². The van der Waals surface area contributed by atoms with Crippen LogP contribution in [0.2, 0.25) is 0 Å². The molecule has 0 bridgehead atoms. The van der Waals surface area contributed by atoms with Crippen LogP contribution in [0.3, 0.4) is 0 Å². The number of aromatic nitrogens is 1. The summed E-state index contributed by atoms with van der Waals surface area (Å²) in [6, 6.07) is 1.99. The SMILES string of the molecule is CCCOc1cnc2c(c1)CC(=O)N2[C@H]1C[C@](C)(O)C1. The van der Waals surface area contributed by atoms with Gasteiger partial charge in [0.2, 0.25) is 5.91 Å². The molecule has 1 amide bonds. The van der Waals surface area contributed by atoms with Gasteiger partial charge in [0.05, 0.1) is 24.8 Å². The van der Waals surface area contributed by atoms with E-state index in [1.54, 1.807) is 18.0 Å². The van der Waals surface area contributed by atoms with Crippen molar-refractivity contribution in [3.63, 3.8) is 0 Å². The summed E-state index contributed by atoms with van der Waals surface area (Å²) in [7, 11) is 0. The minimum atomic E-state index is -0.641. The van der Waals surface area contributed by atoms with Crippen molar-refractivity contribution < 1.29 is 14.6 Å². The average molecular weight is 276 g/mol. The van der Waals surface area contributed by atoms with Gasteiger partial charge < -0.3 is 9.84 Å². The summed E-state index contributed by atoms with van der Waals surface area (Å²) in [6.07, 6.45) is 4.24. The maximum Gasteiger partial charge on any atom is 0.232 e. The van der Waals surface area contributed by atoms with E-state index in [1.165, 1.54) is 0 Å². The van der Waals surface area contributed by atoms with Crippen molar-refractivity contribution in [3.8, 4) is 5.75 Å². The van der Waals surface area contributed by atoms with E-state index in [0.717, 1.165) is 23.6 Å². The fourth-order valence-corrected chi connectivity index (χ4v) is 3.01. The first-order valence-electron chi connectivity index (χ1n) is 7.16. The van der Waals surface area contributed by atoms with E-state index < -0.39 is 5.60 Å². The molecule has 1 fully saturated rings. The molecular formula is C15H20N2O3. The number of nitrogens with zero attached hydrogens (tertiary/aromatic N) is 2. The molecule has 0 spiro atoms. The molecule has 1 saturated carbocycles. The Morgan fingerprint density at radius 2 is 2.30 bits per heavy atom. The van der Waals surface area contributed by atoms with Crippen LogP contribution in [-0.4, -0.2) is 34.2 Å². The Hall–Kier alpha value is -1.62. The Balaban J connectivity index is 1.79. The highest BCUT2D eigenvalue weighted by Crippen LogP contribution is 2.41. The van der Waals surface area contributed by atoms with E-state index in [1.807, 2.05) is 6.07 Å². The molecule has 1 aliphatic carbocycles. The van der Waals surface area contributed by atoms with Crippen molar-refractivity contribution in [2.24, 2.45) is 0 Å². The van der Waals surface area contributed by atoms with Crippen molar-refractivity contribution in [2.45, 2.75) is 51.2 Å². The zero-order valence-corrected chi connectivity index (χ0v) is 11.9. The summed E-state index contributed by atoms with van der Waals surface area (Å²) in [6.45, 7) is 4.51. The van der Waals surface area contributed by atoms with Gasteiger partial charge in [0, 0.05) is 11.6 Å². The monoisotopic (exact) mass is 276 g/mol. The van der Waals surface area contributed by atoms with Crippen molar-refractivity contribution >= 4 is 11.7 Å². The van der Waals surface area contributed by atoms with Crippen molar-refractivity contribution in [1.29, 1.82) is 0 Å². The molecule has 0 saturated heterocycles. The van der Waals surface area contributed by atoms with Gasteiger partial charge in [0.15, 0.2) is 0 Å². The van der Waals surface area contributed by atoms with Crippen molar-refractivity contribution in [2.75, 3.05) is 11.5 Å². The third-order valence-corrected chi connectivity index (χ3v) is 3.95. The minimum absolute atomic E-state index is 0.0700. The lowest BCUT2D eigenvalue weighted by Gasteiger charge is -2.45. The van der Waals surface area contributed by atoms with Gasteiger partial charge in [-0.3, -0.25) is 9.69 Å². The molecule has 108 valence electrons. The Labute approximate surface area is 118 Å². The van der Waals surface area contributed by atoms with Crippen LogP contribution < -0.4 is 9.64 Å². The molecular weight excluding hydrogens is 256 g/mol. The smallest absolute Gasteiger partial charge is 0.232 e. The highest BCUT2D eigenvalue weighted by atomic mass is 16.5. The molecule has 2 heterocycles. The van der Waals surface area contributed by atoms with Gasteiger partial charge in [-0.05, 0) is 32.3 Å². The summed E-state index contributed by atoms with van der Waals surface area (Å²) < 4.78 is 5.55. The highest BCUT2D eigenvalue weighted by Gasteiger charge is 2.46. The van der Waals surface area contributed by atoms with E-state index in [2.05, 4.69) is 11.9 Å². The maximum absolute atomic E-state index is 12.2. The molecule has 1 N–H and O–H groups in total. The van der Waals surface area contributed by atoms with Gasteiger partial charge in [-0.25, -0.2) is 4.98 Å². The van der Waals surface area contributed by atoms with Gasteiger partial charge in [0.1, 0.15) is 11.6 Å². The largest absolute Gasteiger partial charge is 0.492 e. The fourth-order valence-electron chi connectivity index (χ4n) is 3.01. The molecule has 0 radical (unpaired) electrons. The molecule has 0 atom stereocenters. The van der Waals surface area contributed by atoms with Crippen LogP contribution in [0.4, 0.5) is 5.82 Å². The topological polar surface area (TPSA) is 62.7 Å². The third-order valence-electron chi connectivity index (χ3n) is 3.95. The predicted octanol–water partition coefficient (Wildman–Crippen LogP) is 1.67. The summed E-state index contributed by atoms with van der Waals surface area (Å²) in [5.41, 5.74) is 0.285. The second kappa shape index (κ2) is 4.74. The van der Waals surface area contributed by atoms with Gasteiger partial charge >= 0.3 is 0 Å². The second-order valence-electron chi connectivity index (χ2n) is 6.00. The van der Waals surface area contributed by atoms with Crippen LogP contribution in [0, 0.1) is 0 Å². The van der Waals surface area contributed by atoms with E-state index in [-0.39, 0.29) is 11.9 Å². The molecule has 5 heteroatoms. The summed E-state index contributed by atoms with van der Waals surface area (Å²) in [5.74, 6) is 1.53. The standard InChI is InChI=1S/C15H20N2O3/c1-3-4-20-12-5-10-6-13(18)17(14(10)16-9-12)11-7-15(2,19)8-11/h5,9,11,19H,3-4,6-8H2,1-2H3/t11-,15-.